The van der Waals surface area contributed by atoms with Crippen LogP contribution in [0.1, 0.15) is 51.0 Å². The number of benzene rings is 1. The van der Waals surface area contributed by atoms with E-state index in [1.807, 2.05) is 31.3 Å². The monoisotopic (exact) mass is 498 g/mol. The van der Waals surface area contributed by atoms with E-state index in [-0.39, 0.29) is 17.4 Å². The Morgan fingerprint density at radius 2 is 2.00 bits per heavy atom. The normalized spacial score (nSPS) is 44.0. The van der Waals surface area contributed by atoms with E-state index in [4.69, 9.17) is 4.74 Å². The first-order valence-electron chi connectivity index (χ1n) is 13.5. The van der Waals surface area contributed by atoms with Crippen LogP contribution in [0.2, 0.25) is 0 Å². The highest BCUT2D eigenvalue weighted by atomic mass is 16.5. The van der Waals surface area contributed by atoms with Crippen LogP contribution < -0.4 is 0 Å². The molecule has 5 aliphatic rings. The zero-order chi connectivity index (χ0) is 25.8. The summed E-state index contributed by atoms with van der Waals surface area (Å²) in [4.78, 5) is 10.6. The van der Waals surface area contributed by atoms with Crippen molar-refractivity contribution in [3.63, 3.8) is 0 Å². The first-order chi connectivity index (χ1) is 17.7. The fourth-order valence-corrected chi connectivity index (χ4v) is 8.83. The van der Waals surface area contributed by atoms with Crippen molar-refractivity contribution in [3.05, 3.63) is 54.0 Å². The summed E-state index contributed by atoms with van der Waals surface area (Å²) in [6.45, 7) is 2.35. The zero-order valence-corrected chi connectivity index (χ0v) is 21.7. The third kappa shape index (κ3) is 2.80. The van der Waals surface area contributed by atoms with Crippen molar-refractivity contribution in [2.45, 2.75) is 74.9 Å². The molecule has 3 heterocycles. The number of ether oxygens (including phenoxy) is 1. The molecule has 3 fully saturated rings. The Morgan fingerprint density at radius 1 is 1.16 bits per heavy atom. The second-order valence-electron chi connectivity index (χ2n) is 12.5. The number of rotatable bonds is 2. The van der Waals surface area contributed by atoms with Gasteiger partial charge in [0.15, 0.2) is 0 Å². The summed E-state index contributed by atoms with van der Waals surface area (Å²) in [6, 6.07) is 8.92. The summed E-state index contributed by atoms with van der Waals surface area (Å²) in [5.74, 6) is 0.156. The molecule has 0 amide bonds. The lowest BCUT2D eigenvalue weighted by atomic mass is 9.49. The first kappa shape index (κ1) is 23.5. The van der Waals surface area contributed by atoms with Gasteiger partial charge in [0, 0.05) is 23.5 Å². The van der Waals surface area contributed by atoms with Crippen LogP contribution >= 0.6 is 0 Å². The number of aromatic nitrogens is 2. The van der Waals surface area contributed by atoms with Gasteiger partial charge in [-0.3, -0.25) is 0 Å². The standard InChI is InChI=1S/C30H34N4O3/c1-27-8-9-28(16-31)13-21-25(35)26(36)23(34(2)3)14-29(21)10-11-30(28,37-29)24(27)7-6-20(27)18-4-5-19-15-32-17-33-22(19)12-18/h4-6,12-13,15,17,23-26,35-36H,7-11,14H2,1-3H3. The van der Waals surface area contributed by atoms with Gasteiger partial charge < -0.3 is 19.8 Å². The van der Waals surface area contributed by atoms with E-state index >= 15 is 0 Å². The van der Waals surface area contributed by atoms with Gasteiger partial charge >= 0.3 is 0 Å². The van der Waals surface area contributed by atoms with Crippen molar-refractivity contribution in [1.82, 2.24) is 14.9 Å². The number of hydrogen-bond donors (Lipinski definition) is 2. The van der Waals surface area contributed by atoms with E-state index in [0.29, 0.717) is 12.8 Å². The van der Waals surface area contributed by atoms with Crippen LogP contribution in [-0.4, -0.2) is 68.6 Å². The Hall–Kier alpha value is -2.63. The third-order valence-electron chi connectivity index (χ3n) is 10.8. The Bertz CT molecular complexity index is 1410. The van der Waals surface area contributed by atoms with Gasteiger partial charge in [0.1, 0.15) is 17.8 Å². The smallest absolute Gasteiger partial charge is 0.116 e. The number of aliphatic hydroxyl groups excluding tert-OH is 2. The minimum absolute atomic E-state index is 0.133. The molecule has 0 radical (unpaired) electrons. The molecule has 8 unspecified atom stereocenters. The summed E-state index contributed by atoms with van der Waals surface area (Å²) >= 11 is 0. The lowest BCUT2D eigenvalue weighted by molar-refractivity contribution is -0.223. The van der Waals surface area contributed by atoms with E-state index < -0.39 is 28.8 Å². The van der Waals surface area contributed by atoms with Gasteiger partial charge in [0.25, 0.3) is 0 Å². The quantitative estimate of drug-likeness (QED) is 0.610. The summed E-state index contributed by atoms with van der Waals surface area (Å²) in [7, 11) is 3.89. The molecule has 7 rings (SSSR count). The Morgan fingerprint density at radius 3 is 2.78 bits per heavy atom. The third-order valence-corrected chi connectivity index (χ3v) is 10.8. The number of fused-ring (bicyclic) bond motifs is 2. The molecule has 2 N–H and O–H groups in total. The Labute approximate surface area is 217 Å². The van der Waals surface area contributed by atoms with Gasteiger partial charge in [-0.1, -0.05) is 31.2 Å². The van der Waals surface area contributed by atoms with Crippen LogP contribution in [0.15, 0.2) is 48.4 Å². The van der Waals surface area contributed by atoms with Crippen molar-refractivity contribution in [2.75, 3.05) is 14.1 Å². The molecule has 2 aliphatic heterocycles. The van der Waals surface area contributed by atoms with Crippen molar-refractivity contribution in [3.8, 4) is 6.07 Å². The average Bonchev–Trinajstić information content (AvgIpc) is 3.42. The molecule has 37 heavy (non-hydrogen) atoms. The van der Waals surface area contributed by atoms with Crippen LogP contribution in [0, 0.1) is 28.1 Å². The van der Waals surface area contributed by atoms with Crippen molar-refractivity contribution < 1.29 is 14.9 Å². The zero-order valence-electron chi connectivity index (χ0n) is 21.7. The van der Waals surface area contributed by atoms with Crippen LogP contribution in [0.4, 0.5) is 0 Å². The van der Waals surface area contributed by atoms with Gasteiger partial charge in [0.2, 0.25) is 0 Å². The number of aliphatic hydroxyl groups is 2. The maximum Gasteiger partial charge on any atom is 0.116 e. The second kappa shape index (κ2) is 7.48. The molecule has 2 aromatic rings. The van der Waals surface area contributed by atoms with Crippen molar-refractivity contribution in [1.29, 1.82) is 5.26 Å². The molecule has 2 saturated carbocycles. The van der Waals surface area contributed by atoms with Gasteiger partial charge in [-0.05, 0) is 80.8 Å². The highest BCUT2D eigenvalue weighted by Crippen LogP contribution is 2.72. The van der Waals surface area contributed by atoms with E-state index in [9.17, 15) is 15.5 Å². The van der Waals surface area contributed by atoms with E-state index in [2.05, 4.69) is 47.2 Å². The Balaban J connectivity index is 1.32. The van der Waals surface area contributed by atoms with E-state index in [1.54, 1.807) is 6.33 Å². The van der Waals surface area contributed by atoms with E-state index in [0.717, 1.165) is 42.2 Å². The summed E-state index contributed by atoms with van der Waals surface area (Å²) in [5.41, 5.74) is 1.99. The van der Waals surface area contributed by atoms with Crippen molar-refractivity contribution in [2.24, 2.45) is 16.7 Å². The molecule has 1 aromatic carbocycles. The molecular formula is C30H34N4O3. The minimum Gasteiger partial charge on any atom is -0.388 e. The fourth-order valence-electron chi connectivity index (χ4n) is 8.83. The molecule has 1 saturated heterocycles. The van der Waals surface area contributed by atoms with Crippen molar-refractivity contribution >= 4 is 16.5 Å². The molecule has 3 aliphatic carbocycles. The van der Waals surface area contributed by atoms with Gasteiger partial charge in [-0.15, -0.1) is 0 Å². The highest BCUT2D eigenvalue weighted by molar-refractivity contribution is 5.84. The number of nitrogens with zero attached hydrogens (tertiary/aromatic N) is 4. The van der Waals surface area contributed by atoms with Gasteiger partial charge in [-0.25, -0.2) is 9.97 Å². The molecular weight excluding hydrogens is 464 g/mol. The topological polar surface area (TPSA) is 102 Å². The first-order valence-corrected chi connectivity index (χ1v) is 13.5. The molecule has 8 atom stereocenters. The number of nitriles is 1. The van der Waals surface area contributed by atoms with Crippen LogP contribution in [0.25, 0.3) is 16.5 Å². The van der Waals surface area contributed by atoms with Crippen LogP contribution in [0.5, 0.6) is 0 Å². The largest absolute Gasteiger partial charge is 0.388 e. The van der Waals surface area contributed by atoms with Gasteiger partial charge in [0.05, 0.1) is 28.9 Å². The molecule has 7 heteroatoms. The lowest BCUT2D eigenvalue weighted by Crippen LogP contribution is -2.66. The predicted molar refractivity (Wildman–Crippen MR) is 139 cm³/mol. The molecule has 7 nitrogen and oxygen atoms in total. The minimum atomic E-state index is -1.02. The summed E-state index contributed by atoms with van der Waals surface area (Å²) < 4.78 is 7.26. The number of likely N-dealkylation sites (N-methyl/N-ethyl adjacent to an activating group) is 1. The SMILES string of the molecule is CN(C)C1CC23CCC4(O2)C2CC=C(c5ccc6cncnc6c5)C2(C)CCC4(C#N)C=C3C(O)C1O. The van der Waals surface area contributed by atoms with E-state index in [1.165, 1.54) is 11.1 Å². The number of hydrogen-bond acceptors (Lipinski definition) is 7. The average molecular weight is 499 g/mol. The number of allylic oxidation sites excluding steroid dienone is 2. The van der Waals surface area contributed by atoms with Crippen LogP contribution in [-0.2, 0) is 4.74 Å². The summed E-state index contributed by atoms with van der Waals surface area (Å²) in [6.07, 6.45) is 10.5. The molecule has 1 aromatic heterocycles. The molecule has 2 bridgehead atoms. The maximum absolute atomic E-state index is 11.3. The maximum atomic E-state index is 11.3. The van der Waals surface area contributed by atoms with Gasteiger partial charge in [-0.2, -0.15) is 5.26 Å². The highest BCUT2D eigenvalue weighted by Gasteiger charge is 2.74. The fraction of sp³-hybridized carbons (Fsp3) is 0.567. The van der Waals surface area contributed by atoms with Crippen LogP contribution in [0.3, 0.4) is 0 Å². The summed E-state index contributed by atoms with van der Waals surface area (Å²) in [5, 5.41) is 34.0. The molecule has 192 valence electrons. The molecule has 2 spiro atoms. The lowest BCUT2D eigenvalue weighted by Gasteiger charge is -2.61. The second-order valence-corrected chi connectivity index (χ2v) is 12.5. The Kier molecular flexibility index (Phi) is 4.75. The predicted octanol–water partition coefficient (Wildman–Crippen LogP) is 3.63.